The van der Waals surface area contributed by atoms with Crippen molar-refractivity contribution < 1.29 is 0 Å². The Kier molecular flexibility index (Phi) is 3.79. The van der Waals surface area contributed by atoms with Crippen LogP contribution in [0.3, 0.4) is 0 Å². The zero-order chi connectivity index (χ0) is 13.4. The Balaban J connectivity index is 1.91. The first kappa shape index (κ1) is 13.3. The number of halogens is 1. The van der Waals surface area contributed by atoms with Crippen molar-refractivity contribution >= 4 is 27.3 Å². The second-order valence-electron chi connectivity index (χ2n) is 5.29. The lowest BCUT2D eigenvalue weighted by Crippen LogP contribution is -2.16. The third kappa shape index (κ3) is 2.78. The second-order valence-corrected chi connectivity index (χ2v) is 7.26. The Labute approximate surface area is 127 Å². The van der Waals surface area contributed by atoms with Crippen LogP contribution in [0.4, 0.5) is 0 Å². The van der Waals surface area contributed by atoms with Gasteiger partial charge in [0.15, 0.2) is 0 Å². The fraction of sp³-hybridized carbons (Fsp3) is 0.375. The van der Waals surface area contributed by atoms with Crippen molar-refractivity contribution in [2.24, 2.45) is 5.92 Å². The van der Waals surface area contributed by atoms with Gasteiger partial charge in [0.2, 0.25) is 0 Å². The van der Waals surface area contributed by atoms with Gasteiger partial charge in [-0.2, -0.15) is 0 Å². The minimum Gasteiger partial charge on any atom is -0.312 e. The molecule has 1 fully saturated rings. The molecular weight excluding hydrogens is 318 g/mol. The molecule has 0 spiro atoms. The number of hydrogen-bond donors (Lipinski definition) is 1. The minimum absolute atomic E-state index is 0.544. The van der Waals surface area contributed by atoms with Crippen LogP contribution in [0.15, 0.2) is 34.8 Å². The highest BCUT2D eigenvalue weighted by Gasteiger charge is 2.32. The van der Waals surface area contributed by atoms with Gasteiger partial charge in [-0.05, 0) is 56.5 Å². The Hall–Kier alpha value is -0.640. The monoisotopic (exact) mass is 335 g/mol. The minimum atomic E-state index is 0.544. The number of thiophene rings is 1. The fourth-order valence-corrected chi connectivity index (χ4v) is 4.61. The molecule has 100 valence electrons. The number of nitrogens with one attached hydrogen (secondary N) is 1. The van der Waals surface area contributed by atoms with Crippen molar-refractivity contribution in [3.8, 4) is 10.4 Å². The first-order valence-electron chi connectivity index (χ1n) is 6.72. The van der Waals surface area contributed by atoms with Crippen LogP contribution >= 0.6 is 27.3 Å². The topological polar surface area (TPSA) is 12.0 Å². The average molecular weight is 336 g/mol. The molecule has 19 heavy (non-hydrogen) atoms. The van der Waals surface area contributed by atoms with Gasteiger partial charge in [0, 0.05) is 25.8 Å². The van der Waals surface area contributed by atoms with E-state index >= 15 is 0 Å². The summed E-state index contributed by atoms with van der Waals surface area (Å²) >= 11 is 5.59. The molecule has 1 saturated carbocycles. The first-order valence-corrected chi connectivity index (χ1v) is 8.33. The van der Waals surface area contributed by atoms with Crippen LogP contribution < -0.4 is 5.32 Å². The summed E-state index contributed by atoms with van der Waals surface area (Å²) in [6.07, 6.45) is 2.74. The summed E-state index contributed by atoms with van der Waals surface area (Å²) in [4.78, 5) is 2.82. The molecule has 1 heterocycles. The molecule has 0 amide bonds. The van der Waals surface area contributed by atoms with Crippen molar-refractivity contribution in [3.63, 3.8) is 0 Å². The van der Waals surface area contributed by atoms with Crippen LogP contribution in [0.2, 0.25) is 0 Å². The van der Waals surface area contributed by atoms with E-state index in [0.717, 1.165) is 5.92 Å². The Morgan fingerprint density at radius 1 is 1.26 bits per heavy atom. The lowest BCUT2D eigenvalue weighted by Gasteiger charge is -2.12. The molecule has 1 atom stereocenters. The molecule has 0 radical (unpaired) electrons. The fourth-order valence-electron chi connectivity index (χ4n) is 2.52. The molecule has 1 aliphatic rings. The van der Waals surface area contributed by atoms with Crippen LogP contribution in [0.5, 0.6) is 0 Å². The number of aryl methyl sites for hydroxylation is 1. The number of rotatable bonds is 4. The smallest absolute Gasteiger partial charge is 0.0441 e. The van der Waals surface area contributed by atoms with Crippen molar-refractivity contribution in [3.05, 3.63) is 45.2 Å². The van der Waals surface area contributed by atoms with Gasteiger partial charge in [-0.3, -0.25) is 0 Å². The zero-order valence-corrected chi connectivity index (χ0v) is 13.6. The molecule has 0 aliphatic heterocycles. The third-order valence-electron chi connectivity index (χ3n) is 3.73. The van der Waals surface area contributed by atoms with Gasteiger partial charge in [-0.15, -0.1) is 11.3 Å². The van der Waals surface area contributed by atoms with Gasteiger partial charge in [0.05, 0.1) is 0 Å². The molecule has 2 aromatic rings. The van der Waals surface area contributed by atoms with Crippen LogP contribution in [-0.2, 0) is 0 Å². The van der Waals surface area contributed by atoms with E-state index in [2.05, 4.69) is 65.5 Å². The lowest BCUT2D eigenvalue weighted by atomic mass is 10.1. The largest absolute Gasteiger partial charge is 0.312 e. The predicted molar refractivity (Wildman–Crippen MR) is 86.7 cm³/mol. The lowest BCUT2D eigenvalue weighted by molar-refractivity contribution is 0.537. The quantitative estimate of drug-likeness (QED) is 0.813. The summed E-state index contributed by atoms with van der Waals surface area (Å²) < 4.78 is 1.19. The van der Waals surface area contributed by atoms with Crippen molar-refractivity contribution in [1.29, 1.82) is 0 Å². The highest BCUT2D eigenvalue weighted by Crippen LogP contribution is 2.44. The van der Waals surface area contributed by atoms with E-state index in [-0.39, 0.29) is 0 Å². The van der Waals surface area contributed by atoms with E-state index in [0.29, 0.717) is 6.04 Å². The number of benzene rings is 1. The van der Waals surface area contributed by atoms with Gasteiger partial charge in [0.1, 0.15) is 0 Å². The van der Waals surface area contributed by atoms with Crippen molar-refractivity contribution in [2.45, 2.75) is 25.8 Å². The number of hydrogen-bond acceptors (Lipinski definition) is 2. The molecule has 3 rings (SSSR count). The molecule has 0 saturated heterocycles. The van der Waals surface area contributed by atoms with Crippen LogP contribution in [-0.4, -0.2) is 7.05 Å². The Morgan fingerprint density at radius 2 is 2.05 bits per heavy atom. The highest BCUT2D eigenvalue weighted by molar-refractivity contribution is 9.10. The maximum atomic E-state index is 3.68. The van der Waals surface area contributed by atoms with Gasteiger partial charge in [0.25, 0.3) is 0 Å². The standard InChI is InChI=1S/C16H18BrNS/c1-10-3-6-12(13(17)9-10)14-7-8-15(19-14)16(18-2)11-4-5-11/h3,6-9,11,16,18H,4-5H2,1-2H3. The maximum Gasteiger partial charge on any atom is 0.0441 e. The van der Waals surface area contributed by atoms with Crippen LogP contribution in [0.25, 0.3) is 10.4 Å². The van der Waals surface area contributed by atoms with Crippen molar-refractivity contribution in [1.82, 2.24) is 5.32 Å². The summed E-state index contributed by atoms with van der Waals surface area (Å²) in [7, 11) is 2.07. The predicted octanol–water partition coefficient (Wildman–Crippen LogP) is 5.16. The molecule has 0 bridgehead atoms. The average Bonchev–Trinajstić information content (AvgIpc) is 3.09. The van der Waals surface area contributed by atoms with Crippen LogP contribution in [0, 0.1) is 12.8 Å². The zero-order valence-electron chi connectivity index (χ0n) is 11.2. The molecule has 1 aliphatic carbocycles. The molecule has 1 aromatic heterocycles. The highest BCUT2D eigenvalue weighted by atomic mass is 79.9. The summed E-state index contributed by atoms with van der Waals surface area (Å²) in [5, 5.41) is 3.47. The molecular formula is C16H18BrNS. The third-order valence-corrected chi connectivity index (χ3v) is 5.59. The van der Waals surface area contributed by atoms with Crippen molar-refractivity contribution in [2.75, 3.05) is 7.05 Å². The van der Waals surface area contributed by atoms with E-state index < -0.39 is 0 Å². The van der Waals surface area contributed by atoms with E-state index in [1.165, 1.54) is 38.2 Å². The van der Waals surface area contributed by atoms with Gasteiger partial charge in [-0.1, -0.05) is 28.1 Å². The summed E-state index contributed by atoms with van der Waals surface area (Å²) in [6, 6.07) is 11.7. The summed E-state index contributed by atoms with van der Waals surface area (Å²) in [5.74, 6) is 0.845. The molecule has 1 nitrogen and oxygen atoms in total. The summed E-state index contributed by atoms with van der Waals surface area (Å²) in [5.41, 5.74) is 2.59. The van der Waals surface area contributed by atoms with E-state index in [9.17, 15) is 0 Å². The van der Waals surface area contributed by atoms with Gasteiger partial charge in [-0.25, -0.2) is 0 Å². The van der Waals surface area contributed by atoms with Gasteiger partial charge >= 0.3 is 0 Å². The second kappa shape index (κ2) is 5.39. The Bertz CT molecular complexity index is 586. The molecule has 1 N–H and O–H groups in total. The molecule has 1 unspecified atom stereocenters. The van der Waals surface area contributed by atoms with Crippen LogP contribution in [0.1, 0.15) is 29.3 Å². The van der Waals surface area contributed by atoms with E-state index in [4.69, 9.17) is 0 Å². The first-order chi connectivity index (χ1) is 9.19. The molecule has 1 aromatic carbocycles. The maximum absolute atomic E-state index is 3.68. The SMILES string of the molecule is CNC(c1ccc(-c2ccc(C)cc2Br)s1)C1CC1. The van der Waals surface area contributed by atoms with Gasteiger partial charge < -0.3 is 5.32 Å². The van der Waals surface area contributed by atoms with E-state index in [1.807, 2.05) is 11.3 Å². The normalized spacial score (nSPS) is 16.6. The summed E-state index contributed by atoms with van der Waals surface area (Å²) in [6.45, 7) is 2.12. The Morgan fingerprint density at radius 3 is 2.68 bits per heavy atom. The van der Waals surface area contributed by atoms with E-state index in [1.54, 1.807) is 0 Å². The molecule has 3 heteroatoms.